The molecule has 116 valence electrons. The van der Waals surface area contributed by atoms with Crippen molar-refractivity contribution >= 4 is 11.8 Å². The molecule has 0 aliphatic rings. The van der Waals surface area contributed by atoms with Crippen molar-refractivity contribution in [3.63, 3.8) is 0 Å². The highest BCUT2D eigenvalue weighted by Crippen LogP contribution is 2.18. The quantitative estimate of drug-likeness (QED) is 0.604. The van der Waals surface area contributed by atoms with E-state index < -0.39 is 0 Å². The Bertz CT molecular complexity index is 458. The highest BCUT2D eigenvalue weighted by atomic mass is 16.5. The van der Waals surface area contributed by atoms with Crippen LogP contribution < -0.4 is 21.1 Å². The molecule has 0 saturated carbocycles. The van der Waals surface area contributed by atoms with E-state index in [9.17, 15) is 9.59 Å². The van der Waals surface area contributed by atoms with Crippen molar-refractivity contribution in [1.82, 2.24) is 10.6 Å². The zero-order chi connectivity index (χ0) is 15.7. The molecule has 0 aliphatic carbocycles. The number of nitrogens with two attached hydrogens (primary N) is 1. The molecule has 0 unspecified atom stereocenters. The summed E-state index contributed by atoms with van der Waals surface area (Å²) >= 11 is 0. The topological polar surface area (TPSA) is 93.5 Å². The third kappa shape index (κ3) is 6.76. The van der Waals surface area contributed by atoms with Crippen LogP contribution in [0.1, 0.15) is 25.3 Å². The number of carbonyl (C=O) groups is 2. The molecule has 1 aromatic carbocycles. The van der Waals surface area contributed by atoms with Crippen LogP contribution in [-0.4, -0.2) is 38.1 Å². The Morgan fingerprint density at radius 1 is 1.14 bits per heavy atom. The van der Waals surface area contributed by atoms with Gasteiger partial charge in [0.2, 0.25) is 11.8 Å². The molecule has 21 heavy (non-hydrogen) atoms. The van der Waals surface area contributed by atoms with Gasteiger partial charge in [-0.1, -0.05) is 26.0 Å². The van der Waals surface area contributed by atoms with E-state index in [-0.39, 0.29) is 24.9 Å². The van der Waals surface area contributed by atoms with Gasteiger partial charge < -0.3 is 21.1 Å². The molecule has 0 atom stereocenters. The number of ether oxygens (including phenoxy) is 1. The molecule has 1 rings (SSSR count). The van der Waals surface area contributed by atoms with E-state index in [4.69, 9.17) is 10.5 Å². The molecular formula is C15H23N3O3. The molecule has 0 spiro atoms. The Morgan fingerprint density at radius 3 is 2.38 bits per heavy atom. The average molecular weight is 293 g/mol. The van der Waals surface area contributed by atoms with Crippen molar-refractivity contribution in [1.29, 1.82) is 0 Å². The fourth-order valence-electron chi connectivity index (χ4n) is 1.62. The fraction of sp³-hybridized carbons (Fsp3) is 0.467. The predicted molar refractivity (Wildman–Crippen MR) is 81.1 cm³/mol. The number of amides is 2. The summed E-state index contributed by atoms with van der Waals surface area (Å²) in [6.07, 6.45) is 0. The Balaban J connectivity index is 2.19. The van der Waals surface area contributed by atoms with Crippen LogP contribution in [0.25, 0.3) is 0 Å². The van der Waals surface area contributed by atoms with E-state index in [0.717, 1.165) is 5.75 Å². The van der Waals surface area contributed by atoms with E-state index >= 15 is 0 Å². The van der Waals surface area contributed by atoms with Gasteiger partial charge in [0, 0.05) is 0 Å². The van der Waals surface area contributed by atoms with Crippen LogP contribution in [0.3, 0.4) is 0 Å². The van der Waals surface area contributed by atoms with Gasteiger partial charge in [-0.3, -0.25) is 9.59 Å². The van der Waals surface area contributed by atoms with Crippen molar-refractivity contribution in [2.45, 2.75) is 19.8 Å². The molecule has 1 aromatic rings. The first-order valence-electron chi connectivity index (χ1n) is 6.99. The van der Waals surface area contributed by atoms with Gasteiger partial charge in [0.1, 0.15) is 12.4 Å². The minimum atomic E-state index is -0.355. The summed E-state index contributed by atoms with van der Waals surface area (Å²) in [6, 6.07) is 7.89. The molecule has 0 saturated heterocycles. The maximum absolute atomic E-state index is 11.4. The maximum atomic E-state index is 11.4. The molecule has 0 aromatic heterocycles. The minimum Gasteiger partial charge on any atom is -0.492 e. The number of carbonyl (C=O) groups excluding carboxylic acids is 2. The Kier molecular flexibility index (Phi) is 7.25. The van der Waals surface area contributed by atoms with Gasteiger partial charge in [0.25, 0.3) is 0 Å². The average Bonchev–Trinajstić information content (AvgIpc) is 2.49. The minimum absolute atomic E-state index is 0.0703. The molecule has 0 aliphatic heterocycles. The lowest BCUT2D eigenvalue weighted by atomic mass is 10.0. The number of nitrogens with one attached hydrogen (secondary N) is 2. The second-order valence-electron chi connectivity index (χ2n) is 4.90. The number of rotatable bonds is 8. The molecule has 6 heteroatoms. The SMILES string of the molecule is CC(C)c1ccc(OCCNC(=O)CNC(=O)CN)cc1. The Hall–Kier alpha value is -2.08. The zero-order valence-electron chi connectivity index (χ0n) is 12.5. The molecule has 4 N–H and O–H groups in total. The summed E-state index contributed by atoms with van der Waals surface area (Å²) in [4.78, 5) is 22.2. The largest absolute Gasteiger partial charge is 0.492 e. The second kappa shape index (κ2) is 8.97. The Morgan fingerprint density at radius 2 is 1.81 bits per heavy atom. The number of hydrogen-bond acceptors (Lipinski definition) is 4. The van der Waals surface area contributed by atoms with Crippen LogP contribution in [0.5, 0.6) is 5.75 Å². The first-order valence-corrected chi connectivity index (χ1v) is 6.99. The van der Waals surface area contributed by atoms with Crippen LogP contribution in [-0.2, 0) is 9.59 Å². The summed E-state index contributed by atoms with van der Waals surface area (Å²) in [5.41, 5.74) is 6.37. The molecule has 0 bridgehead atoms. The van der Waals surface area contributed by atoms with E-state index in [0.29, 0.717) is 19.1 Å². The molecular weight excluding hydrogens is 270 g/mol. The van der Waals surface area contributed by atoms with Crippen LogP contribution in [0.2, 0.25) is 0 Å². The van der Waals surface area contributed by atoms with Crippen molar-refractivity contribution in [3.8, 4) is 5.75 Å². The summed E-state index contributed by atoms with van der Waals surface area (Å²) < 4.78 is 5.52. The molecule has 0 heterocycles. The molecule has 0 radical (unpaired) electrons. The smallest absolute Gasteiger partial charge is 0.239 e. The third-order valence-corrected chi connectivity index (χ3v) is 2.87. The van der Waals surface area contributed by atoms with Crippen molar-refractivity contribution in [3.05, 3.63) is 29.8 Å². The number of benzene rings is 1. The van der Waals surface area contributed by atoms with Crippen LogP contribution in [0.4, 0.5) is 0 Å². The predicted octanol–water partition coefficient (Wildman–Crippen LogP) is 0.380. The monoisotopic (exact) mass is 293 g/mol. The van der Waals surface area contributed by atoms with Gasteiger partial charge in [-0.25, -0.2) is 0 Å². The summed E-state index contributed by atoms with van der Waals surface area (Å²) in [5.74, 6) is 0.634. The summed E-state index contributed by atoms with van der Waals surface area (Å²) in [5, 5.41) is 5.03. The van der Waals surface area contributed by atoms with E-state index in [1.807, 2.05) is 24.3 Å². The Labute approximate surface area is 125 Å². The van der Waals surface area contributed by atoms with E-state index in [1.165, 1.54) is 5.56 Å². The summed E-state index contributed by atoms with van der Waals surface area (Å²) in [6.45, 7) is 4.83. The van der Waals surface area contributed by atoms with Gasteiger partial charge >= 0.3 is 0 Å². The third-order valence-electron chi connectivity index (χ3n) is 2.87. The first-order chi connectivity index (χ1) is 10.0. The van der Waals surface area contributed by atoms with Gasteiger partial charge in [0.15, 0.2) is 0 Å². The molecule has 6 nitrogen and oxygen atoms in total. The lowest BCUT2D eigenvalue weighted by Gasteiger charge is -2.10. The highest BCUT2D eigenvalue weighted by molar-refractivity contribution is 5.85. The van der Waals surface area contributed by atoms with Crippen LogP contribution in [0.15, 0.2) is 24.3 Å². The first kappa shape index (κ1) is 17.0. The van der Waals surface area contributed by atoms with Crippen LogP contribution in [0, 0.1) is 0 Å². The summed E-state index contributed by atoms with van der Waals surface area (Å²) in [7, 11) is 0. The van der Waals surface area contributed by atoms with Gasteiger partial charge in [-0.05, 0) is 23.6 Å². The highest BCUT2D eigenvalue weighted by Gasteiger charge is 2.03. The van der Waals surface area contributed by atoms with Gasteiger partial charge in [-0.2, -0.15) is 0 Å². The molecule has 0 fully saturated rings. The lowest BCUT2D eigenvalue weighted by molar-refractivity contribution is -0.125. The normalized spacial score (nSPS) is 10.3. The van der Waals surface area contributed by atoms with E-state index in [2.05, 4.69) is 24.5 Å². The standard InChI is InChI=1S/C15H23N3O3/c1-11(2)12-3-5-13(6-4-12)21-8-7-17-15(20)10-18-14(19)9-16/h3-6,11H,7-10,16H2,1-2H3,(H,17,20)(H,18,19). The van der Waals surface area contributed by atoms with Crippen molar-refractivity contribution in [2.24, 2.45) is 5.73 Å². The molecule has 2 amide bonds. The van der Waals surface area contributed by atoms with Gasteiger partial charge in [-0.15, -0.1) is 0 Å². The van der Waals surface area contributed by atoms with E-state index in [1.54, 1.807) is 0 Å². The van der Waals surface area contributed by atoms with Crippen LogP contribution >= 0.6 is 0 Å². The fourth-order valence-corrected chi connectivity index (χ4v) is 1.62. The zero-order valence-corrected chi connectivity index (χ0v) is 12.5. The van der Waals surface area contributed by atoms with Crippen molar-refractivity contribution in [2.75, 3.05) is 26.2 Å². The van der Waals surface area contributed by atoms with Gasteiger partial charge in [0.05, 0.1) is 19.6 Å². The number of hydrogen-bond donors (Lipinski definition) is 3. The van der Waals surface area contributed by atoms with Crippen molar-refractivity contribution < 1.29 is 14.3 Å². The maximum Gasteiger partial charge on any atom is 0.239 e. The lowest BCUT2D eigenvalue weighted by Crippen LogP contribution is -2.40. The second-order valence-corrected chi connectivity index (χ2v) is 4.90.